The number of sulfonamides is 1. The summed E-state index contributed by atoms with van der Waals surface area (Å²) in [6.07, 6.45) is 2.03. The van der Waals surface area contributed by atoms with Crippen LogP contribution in [0.5, 0.6) is 0 Å². The number of nitrogens with zero attached hydrogens (tertiary/aromatic N) is 2. The highest BCUT2D eigenvalue weighted by atomic mass is 35.5. The summed E-state index contributed by atoms with van der Waals surface area (Å²) in [6.45, 7) is 7.57. The molecular formula is C31H37Cl2N3O4S. The van der Waals surface area contributed by atoms with Crippen LogP contribution < -0.4 is 9.62 Å². The standard InChI is InChI=1S/C31H37Cl2N3O4S/c1-5-7-18-34-31(38)29(6-2)35(20-24-12-13-25(32)19-28(24)33)30(37)21-36(26-14-8-22(3)9-15-26)41(39,40)27-16-10-23(4)11-17-27/h8-17,19,29H,5-7,18,20-21H2,1-4H3,(H,34,38). The first-order valence-electron chi connectivity index (χ1n) is 13.6. The molecule has 0 aliphatic rings. The number of aryl methyl sites for hydroxylation is 2. The van der Waals surface area contributed by atoms with E-state index in [-0.39, 0.29) is 17.3 Å². The molecule has 1 unspecified atom stereocenters. The molecule has 0 saturated carbocycles. The second kappa shape index (κ2) is 14.7. The van der Waals surface area contributed by atoms with Crippen LogP contribution in [0.3, 0.4) is 0 Å². The van der Waals surface area contributed by atoms with Crippen LogP contribution in [0.15, 0.2) is 71.6 Å². The van der Waals surface area contributed by atoms with Crippen molar-refractivity contribution in [3.05, 3.63) is 93.5 Å². The molecule has 0 heterocycles. The van der Waals surface area contributed by atoms with Gasteiger partial charge in [0, 0.05) is 23.1 Å². The van der Waals surface area contributed by atoms with Crippen molar-refractivity contribution < 1.29 is 18.0 Å². The maximum absolute atomic E-state index is 14.1. The zero-order chi connectivity index (χ0) is 30.2. The minimum atomic E-state index is -4.13. The highest BCUT2D eigenvalue weighted by Crippen LogP contribution is 2.27. The molecule has 41 heavy (non-hydrogen) atoms. The van der Waals surface area contributed by atoms with Crippen LogP contribution in [0.4, 0.5) is 5.69 Å². The number of carbonyl (C=O) groups excluding carboxylic acids is 2. The fourth-order valence-electron chi connectivity index (χ4n) is 4.34. The van der Waals surface area contributed by atoms with Gasteiger partial charge in [-0.15, -0.1) is 0 Å². The van der Waals surface area contributed by atoms with Crippen LogP contribution >= 0.6 is 23.2 Å². The molecule has 0 saturated heterocycles. The first kappa shape index (κ1) is 32.4. The minimum absolute atomic E-state index is 0.000850. The molecule has 3 aromatic carbocycles. The van der Waals surface area contributed by atoms with Gasteiger partial charge in [-0.2, -0.15) is 0 Å². The number of anilines is 1. The molecule has 0 aliphatic heterocycles. The van der Waals surface area contributed by atoms with Crippen molar-refractivity contribution in [1.82, 2.24) is 10.2 Å². The smallest absolute Gasteiger partial charge is 0.264 e. The van der Waals surface area contributed by atoms with E-state index in [1.165, 1.54) is 17.0 Å². The number of hydrogen-bond acceptors (Lipinski definition) is 4. The Hall–Kier alpha value is -3.07. The monoisotopic (exact) mass is 617 g/mol. The Morgan fingerprint density at radius 3 is 2.07 bits per heavy atom. The quantitative estimate of drug-likeness (QED) is 0.221. The Kier molecular flexibility index (Phi) is 11.6. The van der Waals surface area contributed by atoms with Crippen LogP contribution in [-0.4, -0.2) is 44.3 Å². The molecule has 0 spiro atoms. The fourth-order valence-corrected chi connectivity index (χ4v) is 6.22. The number of benzene rings is 3. The van der Waals surface area contributed by atoms with E-state index in [9.17, 15) is 18.0 Å². The number of hydrogen-bond donors (Lipinski definition) is 1. The van der Waals surface area contributed by atoms with Gasteiger partial charge in [-0.3, -0.25) is 13.9 Å². The van der Waals surface area contributed by atoms with E-state index in [0.717, 1.165) is 28.3 Å². The zero-order valence-corrected chi connectivity index (χ0v) is 26.2. The molecule has 0 fully saturated rings. The number of halogens is 2. The van der Waals surface area contributed by atoms with Crippen LogP contribution in [-0.2, 0) is 26.2 Å². The largest absolute Gasteiger partial charge is 0.354 e. The second-order valence-electron chi connectivity index (χ2n) is 9.99. The third-order valence-electron chi connectivity index (χ3n) is 6.78. The third-order valence-corrected chi connectivity index (χ3v) is 9.16. The van der Waals surface area contributed by atoms with Crippen molar-refractivity contribution in [2.75, 3.05) is 17.4 Å². The number of rotatable bonds is 13. The molecule has 220 valence electrons. The summed E-state index contributed by atoms with van der Waals surface area (Å²) in [5.41, 5.74) is 2.79. The average molecular weight is 619 g/mol. The Morgan fingerprint density at radius 1 is 0.902 bits per heavy atom. The van der Waals surface area contributed by atoms with Crippen molar-refractivity contribution in [3.8, 4) is 0 Å². The van der Waals surface area contributed by atoms with Gasteiger partial charge in [0.05, 0.1) is 10.6 Å². The van der Waals surface area contributed by atoms with E-state index in [1.54, 1.807) is 54.6 Å². The van der Waals surface area contributed by atoms with E-state index in [4.69, 9.17) is 23.2 Å². The first-order chi connectivity index (χ1) is 19.5. The predicted octanol–water partition coefficient (Wildman–Crippen LogP) is 6.53. The maximum Gasteiger partial charge on any atom is 0.264 e. The normalized spacial score (nSPS) is 12.0. The average Bonchev–Trinajstić information content (AvgIpc) is 2.93. The van der Waals surface area contributed by atoms with Gasteiger partial charge < -0.3 is 10.2 Å². The summed E-state index contributed by atoms with van der Waals surface area (Å²) >= 11 is 12.6. The van der Waals surface area contributed by atoms with E-state index in [0.29, 0.717) is 34.3 Å². The van der Waals surface area contributed by atoms with Gasteiger partial charge in [-0.25, -0.2) is 8.42 Å². The molecule has 10 heteroatoms. The first-order valence-corrected chi connectivity index (χ1v) is 15.8. The van der Waals surface area contributed by atoms with Gasteiger partial charge in [-0.05, 0) is 68.7 Å². The van der Waals surface area contributed by atoms with E-state index >= 15 is 0 Å². The van der Waals surface area contributed by atoms with Gasteiger partial charge in [0.25, 0.3) is 10.0 Å². The lowest BCUT2D eigenvalue weighted by molar-refractivity contribution is -0.140. The molecule has 1 N–H and O–H groups in total. The molecular weight excluding hydrogens is 581 g/mol. The summed E-state index contributed by atoms with van der Waals surface area (Å²) in [5, 5.41) is 3.70. The van der Waals surface area contributed by atoms with Gasteiger partial charge in [0.1, 0.15) is 12.6 Å². The zero-order valence-electron chi connectivity index (χ0n) is 23.9. The number of nitrogens with one attached hydrogen (secondary N) is 1. The Labute approximate surface area is 253 Å². The number of carbonyl (C=O) groups is 2. The molecule has 0 aromatic heterocycles. The Balaban J connectivity index is 2.05. The lowest BCUT2D eigenvalue weighted by atomic mass is 10.1. The molecule has 0 radical (unpaired) electrons. The lowest BCUT2D eigenvalue weighted by Gasteiger charge is -2.33. The topological polar surface area (TPSA) is 86.8 Å². The Bertz CT molecular complexity index is 1450. The summed E-state index contributed by atoms with van der Waals surface area (Å²) in [7, 11) is -4.13. The number of amides is 2. The molecule has 0 aliphatic carbocycles. The van der Waals surface area contributed by atoms with Gasteiger partial charge in [-0.1, -0.05) is 84.9 Å². The van der Waals surface area contributed by atoms with Crippen molar-refractivity contribution in [3.63, 3.8) is 0 Å². The van der Waals surface area contributed by atoms with Crippen molar-refractivity contribution in [1.29, 1.82) is 0 Å². The summed E-state index contributed by atoms with van der Waals surface area (Å²) in [4.78, 5) is 28.9. The molecule has 7 nitrogen and oxygen atoms in total. The Morgan fingerprint density at radius 2 is 1.51 bits per heavy atom. The summed E-state index contributed by atoms with van der Waals surface area (Å²) in [5.74, 6) is -0.840. The van der Waals surface area contributed by atoms with Crippen molar-refractivity contribution >= 4 is 50.7 Å². The summed E-state index contributed by atoms with van der Waals surface area (Å²) < 4.78 is 28.9. The molecule has 3 rings (SSSR count). The van der Waals surface area contributed by atoms with Gasteiger partial charge >= 0.3 is 0 Å². The number of unbranched alkanes of at least 4 members (excludes halogenated alkanes) is 1. The third kappa shape index (κ3) is 8.47. The molecule has 0 bridgehead atoms. The van der Waals surface area contributed by atoms with E-state index in [1.807, 2.05) is 27.7 Å². The fraction of sp³-hybridized carbons (Fsp3) is 0.355. The van der Waals surface area contributed by atoms with Crippen molar-refractivity contribution in [2.45, 2.75) is 64.4 Å². The highest BCUT2D eigenvalue weighted by Gasteiger charge is 2.34. The van der Waals surface area contributed by atoms with Crippen LogP contribution in [0.25, 0.3) is 0 Å². The molecule has 2 amide bonds. The van der Waals surface area contributed by atoms with Gasteiger partial charge in [0.15, 0.2) is 0 Å². The predicted molar refractivity (Wildman–Crippen MR) is 166 cm³/mol. The highest BCUT2D eigenvalue weighted by molar-refractivity contribution is 7.92. The van der Waals surface area contributed by atoms with E-state index in [2.05, 4.69) is 5.32 Å². The van der Waals surface area contributed by atoms with Crippen LogP contribution in [0.2, 0.25) is 10.0 Å². The van der Waals surface area contributed by atoms with Crippen LogP contribution in [0, 0.1) is 13.8 Å². The lowest BCUT2D eigenvalue weighted by Crippen LogP contribution is -2.52. The van der Waals surface area contributed by atoms with Gasteiger partial charge in [0.2, 0.25) is 11.8 Å². The maximum atomic E-state index is 14.1. The molecule has 1 atom stereocenters. The summed E-state index contributed by atoms with van der Waals surface area (Å²) in [6, 6.07) is 17.5. The SMILES string of the molecule is CCCCNC(=O)C(CC)N(Cc1ccc(Cl)cc1Cl)C(=O)CN(c1ccc(C)cc1)S(=O)(=O)c1ccc(C)cc1. The minimum Gasteiger partial charge on any atom is -0.354 e. The molecule has 3 aromatic rings. The van der Waals surface area contributed by atoms with Crippen LogP contribution in [0.1, 0.15) is 49.8 Å². The van der Waals surface area contributed by atoms with Crippen molar-refractivity contribution in [2.24, 2.45) is 0 Å². The second-order valence-corrected chi connectivity index (χ2v) is 12.7. The van der Waals surface area contributed by atoms with E-state index < -0.39 is 28.5 Å².